The highest BCUT2D eigenvalue weighted by Gasteiger charge is 2.14. The molecule has 0 radical (unpaired) electrons. The second-order valence-electron chi connectivity index (χ2n) is 5.32. The molecule has 0 N–H and O–H groups in total. The number of aromatic nitrogens is 2. The fraction of sp³-hybridized carbons (Fsp3) is 0.211. The van der Waals surface area contributed by atoms with Crippen LogP contribution in [0.25, 0.3) is 11.4 Å². The maximum absolute atomic E-state index is 12.5. The van der Waals surface area contributed by atoms with E-state index in [1.165, 1.54) is 0 Å². The highest BCUT2D eigenvalue weighted by atomic mass is 32.1. The molecule has 4 nitrogen and oxygen atoms in total. The molecule has 0 atom stereocenters. The topological polar surface area (TPSA) is 46.1 Å². The first kappa shape index (κ1) is 16.3. The second-order valence-corrected chi connectivity index (χ2v) is 6.26. The molecule has 0 spiro atoms. The molecule has 3 aromatic rings. The normalized spacial score (nSPS) is 10.5. The number of carbonyl (C=O) groups is 1. The highest BCUT2D eigenvalue weighted by molar-refractivity contribution is 7.09. The summed E-state index contributed by atoms with van der Waals surface area (Å²) in [6, 6.07) is 15.6. The van der Waals surface area contributed by atoms with Crippen LogP contribution >= 0.6 is 11.3 Å². The van der Waals surface area contributed by atoms with E-state index in [1.54, 1.807) is 17.5 Å². The zero-order valence-corrected chi connectivity index (χ0v) is 14.4. The Morgan fingerprint density at radius 1 is 1.08 bits per heavy atom. The number of hydrogen-bond acceptors (Lipinski definition) is 4. The number of para-hydroxylation sites is 1. The van der Waals surface area contributed by atoms with E-state index in [4.69, 9.17) is 0 Å². The van der Waals surface area contributed by atoms with Crippen molar-refractivity contribution < 1.29 is 4.79 Å². The lowest BCUT2D eigenvalue weighted by atomic mass is 10.2. The molecular weight excluding hydrogens is 318 g/mol. The number of nitrogens with zero attached hydrogens (tertiary/aromatic N) is 3. The van der Waals surface area contributed by atoms with Gasteiger partial charge in [-0.15, -0.1) is 11.3 Å². The number of aryl methyl sites for hydroxylation is 1. The van der Waals surface area contributed by atoms with Crippen LogP contribution in [0.4, 0.5) is 5.69 Å². The minimum absolute atomic E-state index is 0.123. The van der Waals surface area contributed by atoms with E-state index in [-0.39, 0.29) is 5.91 Å². The van der Waals surface area contributed by atoms with Gasteiger partial charge in [0.2, 0.25) is 5.91 Å². The number of anilines is 1. The molecule has 1 amide bonds. The molecule has 5 heteroatoms. The Morgan fingerprint density at radius 3 is 2.58 bits per heavy atom. The molecule has 122 valence electrons. The van der Waals surface area contributed by atoms with Crippen molar-refractivity contribution in [2.45, 2.75) is 19.8 Å². The number of pyridine rings is 1. The van der Waals surface area contributed by atoms with Crippen molar-refractivity contribution in [2.75, 3.05) is 11.4 Å². The van der Waals surface area contributed by atoms with Crippen molar-refractivity contribution in [3.8, 4) is 11.4 Å². The molecule has 0 fully saturated rings. The van der Waals surface area contributed by atoms with Gasteiger partial charge in [-0.2, -0.15) is 0 Å². The van der Waals surface area contributed by atoms with E-state index >= 15 is 0 Å². The maximum atomic E-state index is 12.5. The summed E-state index contributed by atoms with van der Waals surface area (Å²) in [5.74, 6) is 0.123. The highest BCUT2D eigenvalue weighted by Crippen LogP contribution is 2.21. The fourth-order valence-corrected chi connectivity index (χ4v) is 3.31. The van der Waals surface area contributed by atoms with Crippen molar-refractivity contribution in [3.05, 3.63) is 65.1 Å². The van der Waals surface area contributed by atoms with Crippen molar-refractivity contribution >= 4 is 22.9 Å². The van der Waals surface area contributed by atoms with Crippen LogP contribution in [-0.2, 0) is 11.2 Å². The van der Waals surface area contributed by atoms with Crippen LogP contribution in [0.3, 0.4) is 0 Å². The Kier molecular flexibility index (Phi) is 5.33. The number of benzene rings is 1. The van der Waals surface area contributed by atoms with E-state index in [1.807, 2.05) is 65.7 Å². The zero-order valence-electron chi connectivity index (χ0n) is 13.6. The van der Waals surface area contributed by atoms with Gasteiger partial charge < -0.3 is 4.90 Å². The minimum Gasteiger partial charge on any atom is -0.313 e. The molecule has 0 saturated carbocycles. The first-order valence-corrected chi connectivity index (χ1v) is 8.87. The van der Waals surface area contributed by atoms with Crippen LogP contribution in [0, 0.1) is 0 Å². The molecule has 24 heavy (non-hydrogen) atoms. The first-order valence-electron chi connectivity index (χ1n) is 7.99. The van der Waals surface area contributed by atoms with Crippen LogP contribution < -0.4 is 4.90 Å². The quantitative estimate of drug-likeness (QED) is 0.677. The molecule has 0 bridgehead atoms. The van der Waals surface area contributed by atoms with Crippen LogP contribution in [0.5, 0.6) is 0 Å². The third-order valence-corrected chi connectivity index (χ3v) is 4.63. The number of amides is 1. The Labute approximate surface area is 145 Å². The Hall–Kier alpha value is -2.53. The van der Waals surface area contributed by atoms with E-state index in [0.29, 0.717) is 19.4 Å². The lowest BCUT2D eigenvalue weighted by Crippen LogP contribution is -2.30. The SMILES string of the molecule is CCN(C(=O)CCc1nc(-c2ccccn2)cs1)c1ccccc1. The first-order chi connectivity index (χ1) is 11.8. The minimum atomic E-state index is 0.123. The summed E-state index contributed by atoms with van der Waals surface area (Å²) in [5, 5.41) is 2.96. The van der Waals surface area contributed by atoms with Crippen molar-refractivity contribution in [2.24, 2.45) is 0 Å². The molecule has 0 unspecified atom stereocenters. The van der Waals surface area contributed by atoms with Gasteiger partial charge in [-0.3, -0.25) is 9.78 Å². The number of carbonyl (C=O) groups excluding carboxylic acids is 1. The summed E-state index contributed by atoms with van der Waals surface area (Å²) in [5.41, 5.74) is 2.68. The van der Waals surface area contributed by atoms with Crippen molar-refractivity contribution in [1.29, 1.82) is 0 Å². The predicted octanol–water partition coefficient (Wildman–Crippen LogP) is 4.19. The molecule has 1 aromatic carbocycles. The number of rotatable bonds is 6. The summed E-state index contributed by atoms with van der Waals surface area (Å²) in [6.07, 6.45) is 2.87. The summed E-state index contributed by atoms with van der Waals surface area (Å²) in [4.78, 5) is 23.2. The van der Waals surface area contributed by atoms with Gasteiger partial charge in [0.1, 0.15) is 0 Å². The largest absolute Gasteiger partial charge is 0.313 e. The summed E-state index contributed by atoms with van der Waals surface area (Å²) in [6.45, 7) is 2.66. The summed E-state index contributed by atoms with van der Waals surface area (Å²) in [7, 11) is 0. The Bertz CT molecular complexity index is 787. The van der Waals surface area contributed by atoms with E-state index in [0.717, 1.165) is 22.1 Å². The van der Waals surface area contributed by atoms with Crippen molar-refractivity contribution in [3.63, 3.8) is 0 Å². The van der Waals surface area contributed by atoms with Gasteiger partial charge in [-0.25, -0.2) is 4.98 Å². The average molecular weight is 337 g/mol. The smallest absolute Gasteiger partial charge is 0.227 e. The number of thiazole rings is 1. The van der Waals surface area contributed by atoms with E-state index < -0.39 is 0 Å². The van der Waals surface area contributed by atoms with Crippen LogP contribution in [-0.4, -0.2) is 22.4 Å². The maximum Gasteiger partial charge on any atom is 0.227 e. The monoisotopic (exact) mass is 337 g/mol. The van der Waals surface area contributed by atoms with Gasteiger partial charge >= 0.3 is 0 Å². The van der Waals surface area contributed by atoms with Crippen LogP contribution in [0.1, 0.15) is 18.4 Å². The molecular formula is C19H19N3OS. The van der Waals surface area contributed by atoms with Crippen molar-refractivity contribution in [1.82, 2.24) is 9.97 Å². The lowest BCUT2D eigenvalue weighted by Gasteiger charge is -2.20. The number of hydrogen-bond donors (Lipinski definition) is 0. The van der Waals surface area contributed by atoms with Gasteiger partial charge in [0.15, 0.2) is 0 Å². The van der Waals surface area contributed by atoms with E-state index in [2.05, 4.69) is 9.97 Å². The molecule has 0 aliphatic heterocycles. The molecule has 2 aromatic heterocycles. The van der Waals surface area contributed by atoms with Crippen LogP contribution in [0.2, 0.25) is 0 Å². The Morgan fingerprint density at radius 2 is 1.88 bits per heavy atom. The third-order valence-electron chi connectivity index (χ3n) is 3.72. The summed E-state index contributed by atoms with van der Waals surface area (Å²) < 4.78 is 0. The van der Waals surface area contributed by atoms with Crippen LogP contribution in [0.15, 0.2) is 60.1 Å². The van der Waals surface area contributed by atoms with Gasteiger partial charge in [-0.05, 0) is 31.2 Å². The van der Waals surface area contributed by atoms with Gasteiger partial charge in [0, 0.05) is 36.7 Å². The van der Waals surface area contributed by atoms with Gasteiger partial charge in [0.05, 0.1) is 16.4 Å². The summed E-state index contributed by atoms with van der Waals surface area (Å²) >= 11 is 1.58. The standard InChI is InChI=1S/C19H19N3OS/c1-2-22(15-8-4-3-5-9-15)19(23)12-11-18-21-17(14-24-18)16-10-6-7-13-20-16/h3-10,13-14H,2,11-12H2,1H3. The second kappa shape index (κ2) is 7.84. The Balaban J connectivity index is 1.63. The third kappa shape index (κ3) is 3.86. The molecule has 3 rings (SSSR count). The molecule has 0 aliphatic rings. The average Bonchev–Trinajstić information content (AvgIpc) is 3.11. The van der Waals surface area contributed by atoms with Gasteiger partial charge in [-0.1, -0.05) is 24.3 Å². The molecule has 0 saturated heterocycles. The lowest BCUT2D eigenvalue weighted by molar-refractivity contribution is -0.118. The molecule has 0 aliphatic carbocycles. The van der Waals surface area contributed by atoms with Gasteiger partial charge in [0.25, 0.3) is 0 Å². The molecule has 2 heterocycles. The van der Waals surface area contributed by atoms with E-state index in [9.17, 15) is 4.79 Å². The zero-order chi connectivity index (χ0) is 16.8. The fourth-order valence-electron chi connectivity index (χ4n) is 2.52. The predicted molar refractivity (Wildman–Crippen MR) is 98.1 cm³/mol.